The lowest BCUT2D eigenvalue weighted by Gasteiger charge is -2.15. The lowest BCUT2D eigenvalue weighted by Crippen LogP contribution is -2.29. The Morgan fingerprint density at radius 3 is 2.43 bits per heavy atom. The Hall–Kier alpha value is -1.30. The van der Waals surface area contributed by atoms with E-state index in [2.05, 4.69) is 5.32 Å². The highest BCUT2D eigenvalue weighted by Gasteiger charge is 2.16. The van der Waals surface area contributed by atoms with Crippen LogP contribution in [0.2, 0.25) is 0 Å². The number of nitrogens with one attached hydrogen (secondary N) is 1. The van der Waals surface area contributed by atoms with E-state index in [4.69, 9.17) is 21.1 Å². The molecule has 0 saturated carbocycles. The van der Waals surface area contributed by atoms with Crippen molar-refractivity contribution in [1.29, 1.82) is 0 Å². The van der Waals surface area contributed by atoms with Crippen LogP contribution in [0.4, 0.5) is 11.4 Å². The first-order valence-electron chi connectivity index (χ1n) is 4.24. The fourth-order valence-corrected chi connectivity index (χ4v) is 1.02. The second kappa shape index (κ2) is 4.28. The zero-order valence-electron chi connectivity index (χ0n) is 7.64. The van der Waals surface area contributed by atoms with Crippen molar-refractivity contribution < 1.29 is 15.3 Å². The minimum Gasteiger partial charge on any atom is -0.397 e. The molecule has 5 nitrogen and oxygen atoms in total. The fraction of sp³-hybridized carbons (Fsp3) is 0.333. The summed E-state index contributed by atoms with van der Waals surface area (Å²) in [5.41, 5.74) is 6.90. The molecule has 0 radical (unpaired) electrons. The summed E-state index contributed by atoms with van der Waals surface area (Å²) in [5.74, 6) is -2.63. The molecule has 78 valence electrons. The first-order chi connectivity index (χ1) is 6.49. The molecule has 14 heavy (non-hydrogen) atoms. The summed E-state index contributed by atoms with van der Waals surface area (Å²) in [4.78, 5) is 0. The van der Waals surface area contributed by atoms with Crippen molar-refractivity contribution >= 4 is 11.4 Å². The molecular formula is C9H14N2O3. The Bertz CT molecular complexity index is 296. The number of nitrogen functional groups attached to an aromatic ring is 1. The maximum atomic E-state index is 8.60. The minimum atomic E-state index is -2.63. The quantitative estimate of drug-likeness (QED) is 0.338. The van der Waals surface area contributed by atoms with Crippen LogP contribution in [0.5, 0.6) is 0 Å². The number of benzene rings is 1. The number of hydrogen-bond donors (Lipinski definition) is 5. The summed E-state index contributed by atoms with van der Waals surface area (Å²) in [7, 11) is 0. The molecule has 0 aliphatic heterocycles. The molecule has 0 atom stereocenters. The predicted molar refractivity (Wildman–Crippen MR) is 53.3 cm³/mol. The smallest absolute Gasteiger partial charge is 0.277 e. The van der Waals surface area contributed by atoms with Gasteiger partial charge in [-0.1, -0.05) is 12.1 Å². The van der Waals surface area contributed by atoms with Crippen LogP contribution in [-0.4, -0.2) is 27.8 Å². The Kier molecular flexibility index (Phi) is 3.29. The Morgan fingerprint density at radius 2 is 1.86 bits per heavy atom. The van der Waals surface area contributed by atoms with Crippen molar-refractivity contribution in [2.45, 2.75) is 12.4 Å². The zero-order valence-corrected chi connectivity index (χ0v) is 7.64. The molecule has 1 aromatic rings. The number of para-hydroxylation sites is 2. The van der Waals surface area contributed by atoms with E-state index in [1.54, 1.807) is 18.2 Å². The monoisotopic (exact) mass is 198 g/mol. The van der Waals surface area contributed by atoms with Crippen molar-refractivity contribution in [3.05, 3.63) is 24.3 Å². The molecule has 0 saturated heterocycles. The Labute approximate surface area is 81.8 Å². The maximum Gasteiger partial charge on any atom is 0.277 e. The summed E-state index contributed by atoms with van der Waals surface area (Å²) in [5, 5.41) is 28.7. The molecule has 0 heterocycles. The standard InChI is InChI=1S/C9H14N2O3/c10-7-3-1-2-4-8(7)11-6-5-9(12,13)14/h1-4,11-14H,5-6,10H2. The van der Waals surface area contributed by atoms with Crippen LogP contribution >= 0.6 is 0 Å². The van der Waals surface area contributed by atoms with Crippen molar-refractivity contribution in [1.82, 2.24) is 0 Å². The van der Waals surface area contributed by atoms with E-state index in [0.29, 0.717) is 11.4 Å². The van der Waals surface area contributed by atoms with Gasteiger partial charge in [-0.05, 0) is 12.1 Å². The van der Waals surface area contributed by atoms with Gasteiger partial charge in [0.1, 0.15) is 0 Å². The lowest BCUT2D eigenvalue weighted by atomic mass is 10.2. The van der Waals surface area contributed by atoms with Gasteiger partial charge in [0.25, 0.3) is 5.97 Å². The van der Waals surface area contributed by atoms with Gasteiger partial charge < -0.3 is 26.4 Å². The summed E-state index contributed by atoms with van der Waals surface area (Å²) in [6.45, 7) is 0.220. The van der Waals surface area contributed by atoms with Crippen LogP contribution in [-0.2, 0) is 0 Å². The summed E-state index contributed by atoms with van der Waals surface area (Å²) < 4.78 is 0. The van der Waals surface area contributed by atoms with Crippen LogP contribution in [0.25, 0.3) is 0 Å². The SMILES string of the molecule is Nc1ccccc1NCCC(O)(O)O. The largest absolute Gasteiger partial charge is 0.397 e. The molecule has 0 unspecified atom stereocenters. The third kappa shape index (κ3) is 3.61. The van der Waals surface area contributed by atoms with Crippen LogP contribution in [0.1, 0.15) is 6.42 Å². The first-order valence-corrected chi connectivity index (χ1v) is 4.24. The number of hydrogen-bond acceptors (Lipinski definition) is 5. The first kappa shape index (κ1) is 10.8. The molecule has 0 amide bonds. The highest BCUT2D eigenvalue weighted by Crippen LogP contribution is 2.16. The van der Waals surface area contributed by atoms with Gasteiger partial charge >= 0.3 is 0 Å². The number of anilines is 2. The molecule has 5 heteroatoms. The summed E-state index contributed by atoms with van der Waals surface area (Å²) in [6, 6.07) is 7.10. The summed E-state index contributed by atoms with van der Waals surface area (Å²) in [6.07, 6.45) is -0.193. The molecule has 0 aromatic heterocycles. The van der Waals surface area contributed by atoms with Gasteiger partial charge in [-0.15, -0.1) is 0 Å². The average Bonchev–Trinajstić information content (AvgIpc) is 2.06. The third-order valence-electron chi connectivity index (χ3n) is 1.74. The maximum absolute atomic E-state index is 8.60. The molecule has 0 aliphatic rings. The van der Waals surface area contributed by atoms with Gasteiger partial charge in [0, 0.05) is 13.0 Å². The van der Waals surface area contributed by atoms with E-state index in [0.717, 1.165) is 0 Å². The molecule has 0 fully saturated rings. The Morgan fingerprint density at radius 1 is 1.21 bits per heavy atom. The van der Waals surface area contributed by atoms with E-state index in [9.17, 15) is 0 Å². The number of nitrogens with two attached hydrogens (primary N) is 1. The van der Waals surface area contributed by atoms with Gasteiger partial charge in [0.15, 0.2) is 0 Å². The Balaban J connectivity index is 2.43. The highest BCUT2D eigenvalue weighted by atomic mass is 16.7. The van der Waals surface area contributed by atoms with Crippen LogP contribution in [0.3, 0.4) is 0 Å². The van der Waals surface area contributed by atoms with Crippen molar-refractivity contribution in [3.63, 3.8) is 0 Å². The van der Waals surface area contributed by atoms with Crippen LogP contribution in [0, 0.1) is 0 Å². The van der Waals surface area contributed by atoms with Crippen LogP contribution < -0.4 is 11.1 Å². The molecule has 6 N–H and O–H groups in total. The number of aliphatic hydroxyl groups is 3. The van der Waals surface area contributed by atoms with Crippen molar-refractivity contribution in [2.24, 2.45) is 0 Å². The number of rotatable bonds is 4. The minimum absolute atomic E-state index is 0.193. The second-order valence-corrected chi connectivity index (χ2v) is 3.04. The van der Waals surface area contributed by atoms with E-state index in [1.165, 1.54) is 0 Å². The van der Waals surface area contributed by atoms with E-state index in [1.807, 2.05) is 6.07 Å². The van der Waals surface area contributed by atoms with Gasteiger partial charge in [-0.2, -0.15) is 0 Å². The van der Waals surface area contributed by atoms with E-state index >= 15 is 0 Å². The molecule has 0 spiro atoms. The van der Waals surface area contributed by atoms with Gasteiger partial charge in [0.05, 0.1) is 11.4 Å². The lowest BCUT2D eigenvalue weighted by molar-refractivity contribution is -0.312. The van der Waals surface area contributed by atoms with E-state index < -0.39 is 5.97 Å². The van der Waals surface area contributed by atoms with Gasteiger partial charge in [0.2, 0.25) is 0 Å². The normalized spacial score (nSPS) is 11.4. The van der Waals surface area contributed by atoms with Crippen LogP contribution in [0.15, 0.2) is 24.3 Å². The van der Waals surface area contributed by atoms with Crippen molar-refractivity contribution in [3.8, 4) is 0 Å². The topological polar surface area (TPSA) is 98.7 Å². The third-order valence-corrected chi connectivity index (χ3v) is 1.74. The van der Waals surface area contributed by atoms with Gasteiger partial charge in [-0.3, -0.25) is 0 Å². The average molecular weight is 198 g/mol. The fourth-order valence-electron chi connectivity index (χ4n) is 1.02. The molecule has 0 bridgehead atoms. The van der Waals surface area contributed by atoms with E-state index in [-0.39, 0.29) is 13.0 Å². The predicted octanol–water partition coefficient (Wildman–Crippen LogP) is -0.299. The molecule has 1 rings (SSSR count). The molecular weight excluding hydrogens is 184 g/mol. The highest BCUT2D eigenvalue weighted by molar-refractivity contribution is 5.65. The second-order valence-electron chi connectivity index (χ2n) is 3.04. The summed E-state index contributed by atoms with van der Waals surface area (Å²) >= 11 is 0. The molecule has 1 aromatic carbocycles. The zero-order chi connectivity index (χ0) is 10.6. The van der Waals surface area contributed by atoms with Crippen molar-refractivity contribution in [2.75, 3.05) is 17.6 Å². The molecule has 0 aliphatic carbocycles. The van der Waals surface area contributed by atoms with Gasteiger partial charge in [-0.25, -0.2) is 0 Å².